The molecule has 5 rings (SSSR count). The van der Waals surface area contributed by atoms with Gasteiger partial charge in [0.1, 0.15) is 0 Å². The van der Waals surface area contributed by atoms with E-state index in [9.17, 15) is 4.79 Å². The van der Waals surface area contributed by atoms with Gasteiger partial charge in [0.15, 0.2) is 4.96 Å². The highest BCUT2D eigenvalue weighted by molar-refractivity contribution is 7.15. The van der Waals surface area contributed by atoms with Gasteiger partial charge in [-0.25, -0.2) is 4.98 Å². The van der Waals surface area contributed by atoms with Gasteiger partial charge in [0.2, 0.25) is 0 Å². The van der Waals surface area contributed by atoms with E-state index in [-0.39, 0.29) is 12.0 Å². The summed E-state index contributed by atoms with van der Waals surface area (Å²) in [5.41, 5.74) is 5.26. The Balaban J connectivity index is 1.34. The van der Waals surface area contributed by atoms with Crippen molar-refractivity contribution in [1.82, 2.24) is 14.3 Å². The normalized spacial score (nSPS) is 15.8. The van der Waals surface area contributed by atoms with Crippen LogP contribution >= 0.6 is 11.3 Å². The minimum absolute atomic E-state index is 0.0789. The molecule has 1 aliphatic rings. The Labute approximate surface area is 198 Å². The summed E-state index contributed by atoms with van der Waals surface area (Å²) in [7, 11) is 0. The lowest BCUT2D eigenvalue weighted by Gasteiger charge is -2.25. The molecule has 2 aromatic carbocycles. The summed E-state index contributed by atoms with van der Waals surface area (Å²) in [6.07, 6.45) is 6.06. The van der Waals surface area contributed by atoms with E-state index in [1.807, 2.05) is 35.2 Å². The minimum Gasteiger partial charge on any atom is -0.376 e. The third kappa shape index (κ3) is 4.87. The summed E-state index contributed by atoms with van der Waals surface area (Å²) in [4.78, 5) is 21.1. The van der Waals surface area contributed by atoms with Crippen LogP contribution < -0.4 is 0 Å². The molecule has 33 heavy (non-hydrogen) atoms. The number of hydrogen-bond donors (Lipinski definition) is 0. The topological polar surface area (TPSA) is 46.8 Å². The highest BCUT2D eigenvalue weighted by atomic mass is 32.1. The van der Waals surface area contributed by atoms with E-state index in [4.69, 9.17) is 9.72 Å². The van der Waals surface area contributed by atoms with Crippen LogP contribution in [0.5, 0.6) is 0 Å². The number of nitrogens with zero attached hydrogens (tertiary/aromatic N) is 3. The quantitative estimate of drug-likeness (QED) is 0.350. The van der Waals surface area contributed by atoms with E-state index < -0.39 is 0 Å². The second-order valence-corrected chi connectivity index (χ2v) is 9.40. The van der Waals surface area contributed by atoms with Gasteiger partial charge in [0.05, 0.1) is 11.8 Å². The molecule has 0 spiro atoms. The Hall–Kier alpha value is -2.96. The number of carbonyl (C=O) groups is 1. The van der Waals surface area contributed by atoms with Crippen molar-refractivity contribution in [2.45, 2.75) is 38.7 Å². The van der Waals surface area contributed by atoms with Crippen molar-refractivity contribution in [3.8, 4) is 11.3 Å². The number of carbonyl (C=O) groups excluding carboxylic acids is 1. The Morgan fingerprint density at radius 1 is 1.18 bits per heavy atom. The molecular weight excluding hydrogens is 430 g/mol. The molecule has 1 atom stereocenters. The molecule has 1 aliphatic heterocycles. The number of benzene rings is 2. The molecule has 0 radical (unpaired) electrons. The number of amides is 1. The lowest BCUT2D eigenvalue weighted by molar-refractivity contribution is 0.0528. The Morgan fingerprint density at radius 2 is 2.00 bits per heavy atom. The van der Waals surface area contributed by atoms with Crippen LogP contribution in [0.1, 0.15) is 41.4 Å². The molecule has 3 heterocycles. The zero-order valence-electron chi connectivity index (χ0n) is 18.9. The summed E-state index contributed by atoms with van der Waals surface area (Å²) < 4.78 is 8.02. The van der Waals surface area contributed by atoms with Gasteiger partial charge < -0.3 is 9.64 Å². The third-order valence-corrected chi connectivity index (χ3v) is 7.22. The molecule has 1 unspecified atom stereocenters. The number of hydrogen-bond acceptors (Lipinski definition) is 4. The average Bonchev–Trinajstić information content (AvgIpc) is 3.60. The van der Waals surface area contributed by atoms with Gasteiger partial charge in [-0.3, -0.25) is 9.20 Å². The molecular formula is C27H29N3O2S. The molecule has 0 aliphatic carbocycles. The first-order chi connectivity index (χ1) is 16.2. The maximum Gasteiger partial charge on any atom is 0.253 e. The smallest absolute Gasteiger partial charge is 0.253 e. The van der Waals surface area contributed by atoms with Crippen molar-refractivity contribution in [3.63, 3.8) is 0 Å². The standard InChI is InChI=1S/C27H29N3O2S/c1-2-20-10-12-22(13-11-20)26(31)29(17-24-9-6-16-32-24)15-14-23-19-33-27-28-25(18-30(23)27)21-7-4-3-5-8-21/h3-5,7-8,10-13,18-19,24H,2,6,9,14-17H2,1H3. The van der Waals surface area contributed by atoms with Gasteiger partial charge >= 0.3 is 0 Å². The monoisotopic (exact) mass is 459 g/mol. The van der Waals surface area contributed by atoms with Gasteiger partial charge in [0, 0.05) is 54.5 Å². The van der Waals surface area contributed by atoms with Crippen LogP contribution in [0.25, 0.3) is 16.2 Å². The summed E-state index contributed by atoms with van der Waals surface area (Å²) in [6.45, 7) is 4.21. The van der Waals surface area contributed by atoms with E-state index in [1.165, 1.54) is 11.3 Å². The van der Waals surface area contributed by atoms with Crippen LogP contribution in [0, 0.1) is 0 Å². The van der Waals surface area contributed by atoms with E-state index >= 15 is 0 Å². The second kappa shape index (κ2) is 9.89. The number of fused-ring (bicyclic) bond motifs is 1. The van der Waals surface area contributed by atoms with Crippen LogP contribution in [0.3, 0.4) is 0 Å². The van der Waals surface area contributed by atoms with Gasteiger partial charge in [-0.05, 0) is 37.0 Å². The fourth-order valence-electron chi connectivity index (χ4n) is 4.38. The molecule has 0 saturated carbocycles. The van der Waals surface area contributed by atoms with Crippen molar-refractivity contribution in [3.05, 3.63) is 83.0 Å². The van der Waals surface area contributed by atoms with Crippen LogP contribution in [0.4, 0.5) is 0 Å². The zero-order chi connectivity index (χ0) is 22.6. The first-order valence-electron chi connectivity index (χ1n) is 11.7. The highest BCUT2D eigenvalue weighted by Gasteiger charge is 2.24. The largest absolute Gasteiger partial charge is 0.376 e. The van der Waals surface area contributed by atoms with Gasteiger partial charge in [-0.15, -0.1) is 11.3 Å². The zero-order valence-corrected chi connectivity index (χ0v) is 19.8. The number of aromatic nitrogens is 2. The van der Waals surface area contributed by atoms with E-state index in [0.29, 0.717) is 13.1 Å². The SMILES string of the molecule is CCc1ccc(C(=O)N(CCc2csc3nc(-c4ccccc4)cn23)CC2CCCO2)cc1. The molecule has 0 bridgehead atoms. The van der Waals surface area contributed by atoms with Crippen molar-refractivity contribution < 1.29 is 9.53 Å². The number of imidazole rings is 1. The van der Waals surface area contributed by atoms with E-state index in [1.54, 1.807) is 11.3 Å². The van der Waals surface area contributed by atoms with Gasteiger partial charge in [0.25, 0.3) is 5.91 Å². The van der Waals surface area contributed by atoms with Gasteiger partial charge in [-0.2, -0.15) is 0 Å². The Bertz CT molecular complexity index is 1210. The maximum atomic E-state index is 13.4. The van der Waals surface area contributed by atoms with Crippen LogP contribution in [0.15, 0.2) is 66.2 Å². The molecule has 4 aromatic rings. The fourth-order valence-corrected chi connectivity index (χ4v) is 5.29. The van der Waals surface area contributed by atoms with Gasteiger partial charge in [-0.1, -0.05) is 49.4 Å². The lowest BCUT2D eigenvalue weighted by atomic mass is 10.1. The van der Waals surface area contributed by atoms with E-state index in [0.717, 1.165) is 54.1 Å². The van der Waals surface area contributed by atoms with Crippen LogP contribution in [-0.4, -0.2) is 46.0 Å². The summed E-state index contributed by atoms with van der Waals surface area (Å²) in [6, 6.07) is 18.3. The average molecular weight is 460 g/mol. The van der Waals surface area contributed by atoms with Crippen molar-refractivity contribution >= 4 is 22.2 Å². The minimum atomic E-state index is 0.0789. The third-order valence-electron chi connectivity index (χ3n) is 6.34. The van der Waals surface area contributed by atoms with E-state index in [2.05, 4.69) is 47.2 Å². The fraction of sp³-hybridized carbons (Fsp3) is 0.333. The number of aryl methyl sites for hydroxylation is 1. The molecule has 1 fully saturated rings. The molecule has 6 heteroatoms. The second-order valence-electron chi connectivity index (χ2n) is 8.56. The highest BCUT2D eigenvalue weighted by Crippen LogP contribution is 2.24. The summed E-state index contributed by atoms with van der Waals surface area (Å²) >= 11 is 1.65. The Morgan fingerprint density at radius 3 is 2.73 bits per heavy atom. The maximum absolute atomic E-state index is 13.4. The number of thiazole rings is 1. The predicted octanol–water partition coefficient (Wildman–Crippen LogP) is 5.49. The number of rotatable bonds is 8. The predicted molar refractivity (Wildman–Crippen MR) is 133 cm³/mol. The molecule has 5 nitrogen and oxygen atoms in total. The van der Waals surface area contributed by atoms with Crippen molar-refractivity contribution in [1.29, 1.82) is 0 Å². The summed E-state index contributed by atoms with van der Waals surface area (Å²) in [5, 5.41) is 2.15. The first kappa shape index (κ1) is 21.9. The summed E-state index contributed by atoms with van der Waals surface area (Å²) in [5.74, 6) is 0.0789. The van der Waals surface area contributed by atoms with Crippen LogP contribution in [-0.2, 0) is 17.6 Å². The lowest BCUT2D eigenvalue weighted by Crippen LogP contribution is -2.38. The van der Waals surface area contributed by atoms with Crippen molar-refractivity contribution in [2.24, 2.45) is 0 Å². The number of ether oxygens (including phenoxy) is 1. The molecule has 170 valence electrons. The Kier molecular flexibility index (Phi) is 6.55. The molecule has 1 saturated heterocycles. The van der Waals surface area contributed by atoms with Crippen LogP contribution in [0.2, 0.25) is 0 Å². The molecule has 0 N–H and O–H groups in total. The molecule has 2 aromatic heterocycles. The van der Waals surface area contributed by atoms with Crippen molar-refractivity contribution in [2.75, 3.05) is 19.7 Å². The molecule has 1 amide bonds. The first-order valence-corrected chi connectivity index (χ1v) is 12.6.